The summed E-state index contributed by atoms with van der Waals surface area (Å²) < 4.78 is 77.9. The van der Waals surface area contributed by atoms with Crippen molar-refractivity contribution in [3.8, 4) is 0 Å². The van der Waals surface area contributed by atoms with Crippen molar-refractivity contribution in [2.75, 3.05) is 10.6 Å². The maximum Gasteiger partial charge on any atom is 0.416 e. The van der Waals surface area contributed by atoms with Gasteiger partial charge in [-0.05, 0) is 36.4 Å². The van der Waals surface area contributed by atoms with E-state index in [4.69, 9.17) is 0 Å². The highest BCUT2D eigenvalue weighted by molar-refractivity contribution is 6.07. The van der Waals surface area contributed by atoms with Crippen LogP contribution in [0.5, 0.6) is 0 Å². The third-order valence-electron chi connectivity index (χ3n) is 4.24. The van der Waals surface area contributed by atoms with Crippen LogP contribution in [-0.2, 0) is 19.4 Å². The number of alkyl halides is 6. The molecule has 1 aromatic heterocycles. The van der Waals surface area contributed by atoms with Crippen LogP contribution in [0, 0.1) is 0 Å². The second kappa shape index (κ2) is 8.36. The molecule has 0 bridgehead atoms. The van der Waals surface area contributed by atoms with Crippen LogP contribution >= 0.6 is 0 Å². The molecule has 0 saturated heterocycles. The molecule has 2 aromatic carbocycles. The standard InChI is InChI=1S/C20H14F6N4O2/c1-30-16(18(32)28-14-7-3-5-12(9-14)20(24,25)26)10-15(29-30)17(31)27-13-6-2-4-11(8-13)19(21,22)23/h2-10H,1H3,(H,27,31)(H,28,32). The number of hydrogen-bond donors (Lipinski definition) is 2. The topological polar surface area (TPSA) is 76.0 Å². The van der Waals surface area contributed by atoms with Crippen LogP contribution in [0.15, 0.2) is 54.6 Å². The van der Waals surface area contributed by atoms with Gasteiger partial charge in [0.2, 0.25) is 0 Å². The summed E-state index contributed by atoms with van der Waals surface area (Å²) in [6.45, 7) is 0. The number of carbonyl (C=O) groups excluding carboxylic acids is 2. The van der Waals surface area contributed by atoms with E-state index in [9.17, 15) is 35.9 Å². The molecular formula is C20H14F6N4O2. The number of anilines is 2. The van der Waals surface area contributed by atoms with Gasteiger partial charge in [-0.2, -0.15) is 31.4 Å². The number of carbonyl (C=O) groups is 2. The molecule has 32 heavy (non-hydrogen) atoms. The third-order valence-corrected chi connectivity index (χ3v) is 4.24. The zero-order valence-corrected chi connectivity index (χ0v) is 16.2. The molecule has 0 radical (unpaired) electrons. The molecule has 0 fully saturated rings. The lowest BCUT2D eigenvalue weighted by Crippen LogP contribution is -2.16. The van der Waals surface area contributed by atoms with Crippen molar-refractivity contribution < 1.29 is 35.9 Å². The third kappa shape index (κ3) is 5.25. The number of aryl methyl sites for hydroxylation is 1. The van der Waals surface area contributed by atoms with Crippen LogP contribution in [0.1, 0.15) is 32.1 Å². The fourth-order valence-corrected chi connectivity index (χ4v) is 2.73. The second-order valence-corrected chi connectivity index (χ2v) is 6.60. The van der Waals surface area contributed by atoms with Gasteiger partial charge < -0.3 is 10.6 Å². The van der Waals surface area contributed by atoms with E-state index >= 15 is 0 Å². The van der Waals surface area contributed by atoms with E-state index in [-0.39, 0.29) is 22.8 Å². The number of nitrogens with zero attached hydrogens (tertiary/aromatic N) is 2. The summed E-state index contributed by atoms with van der Waals surface area (Å²) in [5.74, 6) is -1.71. The van der Waals surface area contributed by atoms with Gasteiger partial charge >= 0.3 is 12.4 Å². The highest BCUT2D eigenvalue weighted by Crippen LogP contribution is 2.31. The molecule has 0 unspecified atom stereocenters. The van der Waals surface area contributed by atoms with Crippen molar-refractivity contribution in [2.24, 2.45) is 7.05 Å². The summed E-state index contributed by atoms with van der Waals surface area (Å²) >= 11 is 0. The first-order valence-corrected chi connectivity index (χ1v) is 8.86. The number of amides is 2. The van der Waals surface area contributed by atoms with Gasteiger partial charge in [0.1, 0.15) is 5.69 Å². The first-order valence-electron chi connectivity index (χ1n) is 8.86. The van der Waals surface area contributed by atoms with Gasteiger partial charge in [0.25, 0.3) is 11.8 Å². The maximum atomic E-state index is 12.8. The molecule has 1 heterocycles. The van der Waals surface area contributed by atoms with Crippen molar-refractivity contribution in [1.82, 2.24) is 9.78 Å². The predicted octanol–water partition coefficient (Wildman–Crippen LogP) is 4.96. The number of hydrogen-bond acceptors (Lipinski definition) is 3. The van der Waals surface area contributed by atoms with Crippen LogP contribution in [0.3, 0.4) is 0 Å². The van der Waals surface area contributed by atoms with E-state index in [2.05, 4.69) is 15.7 Å². The average molecular weight is 456 g/mol. The van der Waals surface area contributed by atoms with Crippen molar-refractivity contribution in [3.63, 3.8) is 0 Å². The Hall–Kier alpha value is -3.83. The second-order valence-electron chi connectivity index (χ2n) is 6.60. The first-order chi connectivity index (χ1) is 14.8. The lowest BCUT2D eigenvalue weighted by Gasteiger charge is -2.09. The molecule has 2 N–H and O–H groups in total. The lowest BCUT2D eigenvalue weighted by molar-refractivity contribution is -0.138. The summed E-state index contributed by atoms with van der Waals surface area (Å²) in [4.78, 5) is 24.8. The highest BCUT2D eigenvalue weighted by atomic mass is 19.4. The van der Waals surface area contributed by atoms with Gasteiger partial charge in [0.15, 0.2) is 5.69 Å². The Morgan fingerprint density at radius 1 is 0.781 bits per heavy atom. The largest absolute Gasteiger partial charge is 0.416 e. The molecule has 0 aliphatic heterocycles. The van der Waals surface area contributed by atoms with Crippen LogP contribution in [-0.4, -0.2) is 21.6 Å². The number of benzene rings is 2. The van der Waals surface area contributed by atoms with Crippen LogP contribution in [0.4, 0.5) is 37.7 Å². The molecule has 0 spiro atoms. The van der Waals surface area contributed by atoms with Crippen molar-refractivity contribution in [2.45, 2.75) is 12.4 Å². The summed E-state index contributed by atoms with van der Waals surface area (Å²) in [5, 5.41) is 8.37. The van der Waals surface area contributed by atoms with Gasteiger partial charge in [-0.15, -0.1) is 0 Å². The minimum absolute atomic E-state index is 0.124. The molecule has 3 aromatic rings. The Balaban J connectivity index is 1.76. The lowest BCUT2D eigenvalue weighted by atomic mass is 10.2. The van der Waals surface area contributed by atoms with E-state index in [1.165, 1.54) is 19.2 Å². The molecular weight excluding hydrogens is 442 g/mol. The molecule has 0 atom stereocenters. The number of nitrogens with one attached hydrogen (secondary N) is 2. The number of rotatable bonds is 4. The maximum absolute atomic E-state index is 12.8. The van der Waals surface area contributed by atoms with E-state index in [0.717, 1.165) is 47.1 Å². The molecule has 3 rings (SSSR count). The first kappa shape index (κ1) is 22.8. The Morgan fingerprint density at radius 2 is 1.25 bits per heavy atom. The Labute approximate surface area is 176 Å². The highest BCUT2D eigenvalue weighted by Gasteiger charge is 2.31. The molecule has 12 heteroatoms. The van der Waals surface area contributed by atoms with E-state index in [1.54, 1.807) is 0 Å². The fraction of sp³-hybridized carbons (Fsp3) is 0.150. The summed E-state index contributed by atoms with van der Waals surface area (Å²) in [7, 11) is 1.32. The SMILES string of the molecule is Cn1nc(C(=O)Nc2cccc(C(F)(F)F)c2)cc1C(=O)Nc1cccc(C(F)(F)F)c1. The zero-order chi connectivity index (χ0) is 23.7. The molecule has 168 valence electrons. The smallest absolute Gasteiger partial charge is 0.321 e. The van der Waals surface area contributed by atoms with Crippen molar-refractivity contribution in [1.29, 1.82) is 0 Å². The van der Waals surface area contributed by atoms with E-state index in [0.29, 0.717) is 0 Å². The van der Waals surface area contributed by atoms with Gasteiger partial charge in [-0.1, -0.05) is 12.1 Å². The Morgan fingerprint density at radius 3 is 1.72 bits per heavy atom. The van der Waals surface area contributed by atoms with E-state index < -0.39 is 35.3 Å². The van der Waals surface area contributed by atoms with E-state index in [1.807, 2.05) is 0 Å². The molecule has 0 aliphatic rings. The Bertz CT molecular complexity index is 1170. The van der Waals surface area contributed by atoms with Crippen LogP contribution < -0.4 is 10.6 Å². The van der Waals surface area contributed by atoms with Gasteiger partial charge in [-0.3, -0.25) is 14.3 Å². The zero-order valence-electron chi connectivity index (χ0n) is 16.2. The molecule has 0 aliphatic carbocycles. The minimum atomic E-state index is -4.60. The average Bonchev–Trinajstić information content (AvgIpc) is 3.09. The van der Waals surface area contributed by atoms with Crippen molar-refractivity contribution in [3.05, 3.63) is 77.1 Å². The molecule has 6 nitrogen and oxygen atoms in total. The normalized spacial score (nSPS) is 11.8. The number of aromatic nitrogens is 2. The summed E-state index contributed by atoms with van der Waals surface area (Å²) in [5.41, 5.74) is -2.61. The van der Waals surface area contributed by atoms with Crippen molar-refractivity contribution >= 4 is 23.2 Å². The summed E-state index contributed by atoms with van der Waals surface area (Å²) in [6.07, 6.45) is -9.19. The quantitative estimate of drug-likeness (QED) is 0.545. The molecule has 2 amide bonds. The minimum Gasteiger partial charge on any atom is -0.321 e. The fourth-order valence-electron chi connectivity index (χ4n) is 2.73. The predicted molar refractivity (Wildman–Crippen MR) is 102 cm³/mol. The molecule has 0 saturated carbocycles. The summed E-state index contributed by atoms with van der Waals surface area (Å²) in [6, 6.07) is 8.97. The van der Waals surface area contributed by atoms with Gasteiger partial charge in [0.05, 0.1) is 11.1 Å². The van der Waals surface area contributed by atoms with Gasteiger partial charge in [0, 0.05) is 24.5 Å². The monoisotopic (exact) mass is 456 g/mol. The Kier molecular flexibility index (Phi) is 5.97. The van der Waals surface area contributed by atoms with Crippen LogP contribution in [0.25, 0.3) is 0 Å². The van der Waals surface area contributed by atoms with Crippen LogP contribution in [0.2, 0.25) is 0 Å². The number of halogens is 6. The van der Waals surface area contributed by atoms with Gasteiger partial charge in [-0.25, -0.2) is 0 Å².